The van der Waals surface area contributed by atoms with Crippen molar-refractivity contribution in [1.82, 2.24) is 19.2 Å². The molecule has 0 aliphatic rings. The summed E-state index contributed by atoms with van der Waals surface area (Å²) in [5.41, 5.74) is 5.45. The fourth-order valence-electron chi connectivity index (χ4n) is 4.02. The van der Waals surface area contributed by atoms with Crippen LogP contribution in [0, 0.1) is 26.6 Å². The van der Waals surface area contributed by atoms with Crippen molar-refractivity contribution in [1.29, 1.82) is 0 Å². The Morgan fingerprint density at radius 3 is 2.50 bits per heavy atom. The van der Waals surface area contributed by atoms with Crippen LogP contribution in [0.3, 0.4) is 0 Å². The Balaban J connectivity index is 1.55. The van der Waals surface area contributed by atoms with Crippen LogP contribution in [0.1, 0.15) is 22.5 Å². The predicted octanol–water partition coefficient (Wildman–Crippen LogP) is 5.19. The maximum absolute atomic E-state index is 13.5. The van der Waals surface area contributed by atoms with E-state index < -0.39 is 0 Å². The largest absolute Gasteiger partial charge is 0.485 e. The van der Waals surface area contributed by atoms with Gasteiger partial charge in [-0.25, -0.2) is 14.1 Å². The molecular weight excluding hydrogens is 431 g/mol. The third kappa shape index (κ3) is 3.85. The third-order valence-electron chi connectivity index (χ3n) is 5.86. The molecule has 34 heavy (non-hydrogen) atoms. The lowest BCUT2D eigenvalue weighted by molar-refractivity contribution is 0.307. The maximum Gasteiger partial charge on any atom is 0.267 e. The summed E-state index contributed by atoms with van der Waals surface area (Å²) in [5, 5.41) is 4.63. The molecule has 0 aliphatic carbocycles. The quantitative estimate of drug-likeness (QED) is 0.367. The van der Waals surface area contributed by atoms with Crippen LogP contribution in [-0.2, 0) is 6.61 Å². The van der Waals surface area contributed by atoms with Gasteiger partial charge in [-0.3, -0.25) is 9.20 Å². The first kappa shape index (κ1) is 21.6. The Morgan fingerprint density at radius 1 is 0.971 bits per heavy atom. The van der Waals surface area contributed by atoms with Crippen LogP contribution < -0.4 is 10.3 Å². The highest BCUT2D eigenvalue weighted by atomic mass is 19.1. The van der Waals surface area contributed by atoms with Gasteiger partial charge in [0.05, 0.1) is 16.9 Å². The van der Waals surface area contributed by atoms with Gasteiger partial charge < -0.3 is 4.74 Å². The molecule has 0 N–H and O–H groups in total. The Hall–Kier alpha value is -4.26. The van der Waals surface area contributed by atoms with Gasteiger partial charge in [-0.15, -0.1) is 0 Å². The Labute approximate surface area is 195 Å². The van der Waals surface area contributed by atoms with Gasteiger partial charge in [0.2, 0.25) is 0 Å². The van der Waals surface area contributed by atoms with Crippen LogP contribution in [0.25, 0.3) is 22.6 Å². The van der Waals surface area contributed by atoms with Gasteiger partial charge in [0.25, 0.3) is 5.56 Å². The van der Waals surface area contributed by atoms with Crippen molar-refractivity contribution in [2.24, 2.45) is 0 Å². The summed E-state index contributed by atoms with van der Waals surface area (Å²) in [5.74, 6) is 0.215. The molecule has 7 heteroatoms. The van der Waals surface area contributed by atoms with Crippen molar-refractivity contribution in [2.75, 3.05) is 0 Å². The molecule has 3 aromatic heterocycles. The van der Waals surface area contributed by atoms with Gasteiger partial charge in [-0.05, 0) is 74.4 Å². The molecule has 0 saturated heterocycles. The number of ether oxygens (including phenoxy) is 1. The second-order valence-electron chi connectivity index (χ2n) is 8.22. The molecule has 0 atom stereocenters. The Kier molecular flexibility index (Phi) is 5.45. The molecule has 6 nitrogen and oxygen atoms in total. The number of pyridine rings is 1. The van der Waals surface area contributed by atoms with E-state index in [0.717, 1.165) is 16.8 Å². The molecule has 0 radical (unpaired) electrons. The maximum atomic E-state index is 13.5. The number of hydrogen-bond acceptors (Lipinski definition) is 4. The molecule has 0 unspecified atom stereocenters. The minimum atomic E-state index is -0.318. The van der Waals surface area contributed by atoms with E-state index in [2.05, 4.69) is 5.10 Å². The number of hydrogen-bond donors (Lipinski definition) is 0. The normalized spacial score (nSPS) is 11.2. The highest BCUT2D eigenvalue weighted by molar-refractivity contribution is 5.65. The number of rotatable bonds is 5. The molecule has 170 valence electrons. The minimum Gasteiger partial charge on any atom is -0.485 e. The van der Waals surface area contributed by atoms with Crippen LogP contribution >= 0.6 is 0 Å². The van der Waals surface area contributed by atoms with Crippen LogP contribution in [0.15, 0.2) is 77.7 Å². The molecular formula is C27H23FN4O2. The standard InChI is InChI=1S/C27H23FN4O2/c1-17-7-4-5-8-20(17)16-34-24-9-6-14-31-26(24)29-19(3)25(27(31)33)23-15-18(2)32(30-23)22-12-10-21(28)11-13-22/h4-15H,16H2,1-3H3. The van der Waals surface area contributed by atoms with Gasteiger partial charge in [-0.1, -0.05) is 24.3 Å². The van der Waals surface area contributed by atoms with Crippen LogP contribution in [0.4, 0.5) is 4.39 Å². The highest BCUT2D eigenvalue weighted by Gasteiger charge is 2.18. The number of benzene rings is 2. The molecule has 3 heterocycles. The zero-order chi connectivity index (χ0) is 23.8. The molecule has 0 spiro atoms. The van der Waals surface area contributed by atoms with E-state index in [4.69, 9.17) is 9.72 Å². The third-order valence-corrected chi connectivity index (χ3v) is 5.86. The van der Waals surface area contributed by atoms with E-state index in [9.17, 15) is 9.18 Å². The lowest BCUT2D eigenvalue weighted by Crippen LogP contribution is -2.19. The first-order valence-corrected chi connectivity index (χ1v) is 10.9. The summed E-state index contributed by atoms with van der Waals surface area (Å²) >= 11 is 0. The fraction of sp³-hybridized carbons (Fsp3) is 0.148. The molecule has 2 aromatic carbocycles. The SMILES string of the molecule is Cc1ccccc1COc1cccn2c(=O)c(-c3cc(C)n(-c4ccc(F)cc4)n3)c(C)nc12. The first-order chi connectivity index (χ1) is 16.4. The number of halogens is 1. The van der Waals surface area contributed by atoms with Gasteiger partial charge >= 0.3 is 0 Å². The summed E-state index contributed by atoms with van der Waals surface area (Å²) in [7, 11) is 0. The molecule has 0 saturated carbocycles. The zero-order valence-corrected chi connectivity index (χ0v) is 19.1. The summed E-state index contributed by atoms with van der Waals surface area (Å²) in [6.45, 7) is 6.10. The van der Waals surface area contributed by atoms with Crippen LogP contribution in [0.2, 0.25) is 0 Å². The molecule has 5 aromatic rings. The monoisotopic (exact) mass is 454 g/mol. The summed E-state index contributed by atoms with van der Waals surface area (Å²) in [4.78, 5) is 18.2. The van der Waals surface area contributed by atoms with E-state index in [-0.39, 0.29) is 11.4 Å². The van der Waals surface area contributed by atoms with Gasteiger partial charge in [0, 0.05) is 11.9 Å². The second kappa shape index (κ2) is 8.59. The van der Waals surface area contributed by atoms with Crippen molar-refractivity contribution in [2.45, 2.75) is 27.4 Å². The summed E-state index contributed by atoms with van der Waals surface area (Å²) in [6, 6.07) is 19.5. The van der Waals surface area contributed by atoms with Crippen molar-refractivity contribution in [3.05, 3.63) is 112 Å². The highest BCUT2D eigenvalue weighted by Crippen LogP contribution is 2.25. The number of aromatic nitrogens is 4. The summed E-state index contributed by atoms with van der Waals surface area (Å²) < 4.78 is 22.6. The van der Waals surface area contributed by atoms with E-state index in [1.165, 1.54) is 16.5 Å². The number of aryl methyl sites for hydroxylation is 3. The van der Waals surface area contributed by atoms with Crippen molar-refractivity contribution < 1.29 is 9.13 Å². The van der Waals surface area contributed by atoms with E-state index in [1.807, 2.05) is 50.2 Å². The molecule has 0 aliphatic heterocycles. The molecule has 5 rings (SSSR count). The van der Waals surface area contributed by atoms with Gasteiger partial charge in [-0.2, -0.15) is 5.10 Å². The van der Waals surface area contributed by atoms with Crippen molar-refractivity contribution >= 4 is 5.65 Å². The lowest BCUT2D eigenvalue weighted by atomic mass is 10.1. The molecule has 0 fully saturated rings. The van der Waals surface area contributed by atoms with Crippen molar-refractivity contribution in [3.8, 4) is 22.7 Å². The van der Waals surface area contributed by atoms with Gasteiger partial charge in [0.15, 0.2) is 11.4 Å². The first-order valence-electron chi connectivity index (χ1n) is 10.9. The minimum absolute atomic E-state index is 0.229. The Morgan fingerprint density at radius 2 is 1.74 bits per heavy atom. The smallest absolute Gasteiger partial charge is 0.267 e. The van der Waals surface area contributed by atoms with Crippen LogP contribution in [-0.4, -0.2) is 19.2 Å². The average Bonchev–Trinajstić information content (AvgIpc) is 3.20. The molecule has 0 amide bonds. The van der Waals surface area contributed by atoms with E-state index in [0.29, 0.717) is 40.6 Å². The number of fused-ring (bicyclic) bond motifs is 1. The summed E-state index contributed by atoms with van der Waals surface area (Å²) in [6.07, 6.45) is 1.68. The Bertz CT molecular complexity index is 1570. The van der Waals surface area contributed by atoms with Crippen molar-refractivity contribution in [3.63, 3.8) is 0 Å². The predicted molar refractivity (Wildman–Crippen MR) is 129 cm³/mol. The zero-order valence-electron chi connectivity index (χ0n) is 19.1. The fourth-order valence-corrected chi connectivity index (χ4v) is 4.02. The topological polar surface area (TPSA) is 61.4 Å². The van der Waals surface area contributed by atoms with E-state index >= 15 is 0 Å². The van der Waals surface area contributed by atoms with E-state index in [1.54, 1.807) is 36.0 Å². The average molecular weight is 455 g/mol. The second-order valence-corrected chi connectivity index (χ2v) is 8.22. The molecule has 0 bridgehead atoms. The van der Waals surface area contributed by atoms with Crippen LogP contribution in [0.5, 0.6) is 5.75 Å². The number of nitrogens with zero attached hydrogens (tertiary/aromatic N) is 4. The van der Waals surface area contributed by atoms with Gasteiger partial charge in [0.1, 0.15) is 18.1 Å². The lowest BCUT2D eigenvalue weighted by Gasteiger charge is -2.12.